The summed E-state index contributed by atoms with van der Waals surface area (Å²) in [5.41, 5.74) is 2.40. The second kappa shape index (κ2) is 6.18. The largest absolute Gasteiger partial charge is 0.369 e. The minimum atomic E-state index is 0.818. The second-order valence-electron chi connectivity index (χ2n) is 4.10. The highest BCUT2D eigenvalue weighted by Crippen LogP contribution is 2.25. The molecule has 0 radical (unpaired) electrons. The first kappa shape index (κ1) is 13.3. The van der Waals surface area contributed by atoms with Crippen LogP contribution in [0, 0.1) is 0 Å². The molecule has 0 aromatic carbocycles. The molecule has 0 unspecified atom stereocenters. The van der Waals surface area contributed by atoms with Crippen LogP contribution >= 0.6 is 22.9 Å². The zero-order valence-electron chi connectivity index (χ0n) is 10.5. The van der Waals surface area contributed by atoms with Crippen molar-refractivity contribution in [3.05, 3.63) is 45.4 Å². The van der Waals surface area contributed by atoms with Crippen LogP contribution in [0.25, 0.3) is 0 Å². The molecule has 0 atom stereocenters. The van der Waals surface area contributed by atoms with Gasteiger partial charge in [0.1, 0.15) is 0 Å². The van der Waals surface area contributed by atoms with Gasteiger partial charge in [0.15, 0.2) is 0 Å². The molecule has 0 saturated heterocycles. The lowest BCUT2D eigenvalue weighted by Gasteiger charge is -2.21. The van der Waals surface area contributed by atoms with E-state index in [1.807, 2.05) is 31.6 Å². The molecule has 96 valence electrons. The Morgan fingerprint density at radius 3 is 2.89 bits per heavy atom. The number of thiophene rings is 1. The van der Waals surface area contributed by atoms with Crippen LogP contribution < -0.4 is 10.2 Å². The van der Waals surface area contributed by atoms with E-state index in [1.165, 1.54) is 16.1 Å². The number of anilines is 1. The number of rotatable bonds is 5. The van der Waals surface area contributed by atoms with E-state index in [1.54, 1.807) is 11.3 Å². The van der Waals surface area contributed by atoms with E-state index >= 15 is 0 Å². The zero-order valence-corrected chi connectivity index (χ0v) is 12.1. The quantitative estimate of drug-likeness (QED) is 0.912. The summed E-state index contributed by atoms with van der Waals surface area (Å²) in [7, 11) is 4.03. The Balaban J connectivity index is 2.15. The Kier molecular flexibility index (Phi) is 4.58. The Labute approximate surface area is 116 Å². The Bertz CT molecular complexity index is 512. The van der Waals surface area contributed by atoms with Crippen molar-refractivity contribution in [1.82, 2.24) is 10.3 Å². The number of nitrogens with one attached hydrogen (secondary N) is 1. The van der Waals surface area contributed by atoms with Crippen molar-refractivity contribution in [2.45, 2.75) is 13.1 Å². The number of nitrogens with zero attached hydrogens (tertiary/aromatic N) is 2. The lowest BCUT2D eigenvalue weighted by atomic mass is 10.2. The maximum Gasteiger partial charge on any atom is 0.0931 e. The highest BCUT2D eigenvalue weighted by molar-refractivity contribution is 7.16. The number of halogens is 1. The van der Waals surface area contributed by atoms with Gasteiger partial charge in [-0.2, -0.15) is 0 Å². The van der Waals surface area contributed by atoms with Gasteiger partial charge in [0.25, 0.3) is 0 Å². The number of hydrogen-bond donors (Lipinski definition) is 1. The Hall–Kier alpha value is -1.10. The fourth-order valence-electron chi connectivity index (χ4n) is 1.87. The summed E-state index contributed by atoms with van der Waals surface area (Å²) in [6, 6.07) is 6.06. The Morgan fingerprint density at radius 1 is 1.39 bits per heavy atom. The molecule has 0 spiro atoms. The molecule has 2 aromatic heterocycles. The van der Waals surface area contributed by atoms with E-state index in [0.29, 0.717) is 0 Å². The summed E-state index contributed by atoms with van der Waals surface area (Å²) in [6.45, 7) is 1.68. The summed E-state index contributed by atoms with van der Waals surface area (Å²) >= 11 is 7.57. The molecule has 2 rings (SSSR count). The van der Waals surface area contributed by atoms with Crippen LogP contribution in [0.3, 0.4) is 0 Å². The molecule has 0 fully saturated rings. The van der Waals surface area contributed by atoms with Crippen LogP contribution in [0.2, 0.25) is 4.34 Å². The third kappa shape index (κ3) is 3.22. The van der Waals surface area contributed by atoms with Gasteiger partial charge in [-0.3, -0.25) is 4.98 Å². The summed E-state index contributed by atoms with van der Waals surface area (Å²) in [6.07, 6.45) is 3.73. The Morgan fingerprint density at radius 2 is 2.22 bits per heavy atom. The summed E-state index contributed by atoms with van der Waals surface area (Å²) in [5, 5.41) is 3.16. The van der Waals surface area contributed by atoms with Crippen LogP contribution in [0.5, 0.6) is 0 Å². The van der Waals surface area contributed by atoms with Crippen LogP contribution in [0.1, 0.15) is 10.4 Å². The van der Waals surface area contributed by atoms with E-state index in [2.05, 4.69) is 28.3 Å². The van der Waals surface area contributed by atoms with Gasteiger partial charge in [0, 0.05) is 42.1 Å². The van der Waals surface area contributed by atoms with Gasteiger partial charge in [0.2, 0.25) is 0 Å². The fourth-order valence-corrected chi connectivity index (χ4v) is 3.02. The number of pyridine rings is 1. The van der Waals surface area contributed by atoms with Crippen molar-refractivity contribution in [1.29, 1.82) is 0 Å². The summed E-state index contributed by atoms with van der Waals surface area (Å²) in [5.74, 6) is 0. The van der Waals surface area contributed by atoms with Gasteiger partial charge in [-0.15, -0.1) is 11.3 Å². The molecule has 2 heterocycles. The maximum absolute atomic E-state index is 5.95. The third-order valence-electron chi connectivity index (χ3n) is 2.68. The first-order valence-electron chi connectivity index (χ1n) is 5.73. The first-order chi connectivity index (χ1) is 8.70. The molecule has 0 aliphatic carbocycles. The van der Waals surface area contributed by atoms with E-state index < -0.39 is 0 Å². The predicted octanol–water partition coefficient (Wildman–Crippen LogP) is 3.15. The van der Waals surface area contributed by atoms with E-state index in [-0.39, 0.29) is 0 Å². The van der Waals surface area contributed by atoms with Gasteiger partial charge in [-0.1, -0.05) is 11.6 Å². The van der Waals surface area contributed by atoms with Crippen LogP contribution in [0.4, 0.5) is 5.69 Å². The SMILES string of the molecule is CNCc1cnccc1N(C)Cc1ccc(Cl)s1. The molecule has 0 aliphatic heterocycles. The zero-order chi connectivity index (χ0) is 13.0. The molecule has 3 nitrogen and oxygen atoms in total. The van der Waals surface area contributed by atoms with Crippen molar-refractivity contribution in [3.8, 4) is 0 Å². The van der Waals surface area contributed by atoms with E-state index in [4.69, 9.17) is 11.6 Å². The molecular formula is C13H16ClN3S. The van der Waals surface area contributed by atoms with Gasteiger partial charge < -0.3 is 10.2 Å². The molecule has 5 heteroatoms. The number of hydrogen-bond acceptors (Lipinski definition) is 4. The smallest absolute Gasteiger partial charge is 0.0931 e. The van der Waals surface area contributed by atoms with Crippen molar-refractivity contribution in [2.75, 3.05) is 19.0 Å². The summed E-state index contributed by atoms with van der Waals surface area (Å²) < 4.78 is 0.837. The second-order valence-corrected chi connectivity index (χ2v) is 5.90. The van der Waals surface area contributed by atoms with Crippen molar-refractivity contribution in [3.63, 3.8) is 0 Å². The fraction of sp³-hybridized carbons (Fsp3) is 0.308. The standard InChI is InChI=1S/C13H16ClN3S/c1-15-7-10-8-16-6-5-12(10)17(2)9-11-3-4-13(14)18-11/h3-6,8,15H,7,9H2,1-2H3. The molecule has 0 bridgehead atoms. The van der Waals surface area contributed by atoms with Gasteiger partial charge in [0.05, 0.1) is 10.9 Å². The molecule has 0 aliphatic rings. The minimum absolute atomic E-state index is 0.818. The first-order valence-corrected chi connectivity index (χ1v) is 6.93. The molecule has 1 N–H and O–H groups in total. The monoisotopic (exact) mass is 281 g/mol. The molecule has 2 aromatic rings. The average Bonchev–Trinajstić information content (AvgIpc) is 2.76. The molecule has 0 saturated carbocycles. The lowest BCUT2D eigenvalue weighted by Crippen LogP contribution is -2.19. The van der Waals surface area contributed by atoms with Crippen molar-refractivity contribution >= 4 is 28.6 Å². The minimum Gasteiger partial charge on any atom is -0.369 e. The topological polar surface area (TPSA) is 28.2 Å². The number of aromatic nitrogens is 1. The predicted molar refractivity (Wildman–Crippen MR) is 78.4 cm³/mol. The van der Waals surface area contributed by atoms with Gasteiger partial charge in [-0.25, -0.2) is 0 Å². The van der Waals surface area contributed by atoms with Crippen molar-refractivity contribution in [2.24, 2.45) is 0 Å². The van der Waals surface area contributed by atoms with E-state index in [0.717, 1.165) is 17.4 Å². The molecular weight excluding hydrogens is 266 g/mol. The third-order valence-corrected chi connectivity index (χ3v) is 3.89. The maximum atomic E-state index is 5.95. The van der Waals surface area contributed by atoms with Gasteiger partial charge >= 0.3 is 0 Å². The highest BCUT2D eigenvalue weighted by Gasteiger charge is 2.08. The van der Waals surface area contributed by atoms with Crippen LogP contribution in [-0.2, 0) is 13.1 Å². The highest BCUT2D eigenvalue weighted by atomic mass is 35.5. The summed E-state index contributed by atoms with van der Waals surface area (Å²) in [4.78, 5) is 7.65. The van der Waals surface area contributed by atoms with Crippen molar-refractivity contribution < 1.29 is 0 Å². The van der Waals surface area contributed by atoms with E-state index in [9.17, 15) is 0 Å². The van der Waals surface area contributed by atoms with Crippen LogP contribution in [0.15, 0.2) is 30.6 Å². The molecule has 0 amide bonds. The normalized spacial score (nSPS) is 10.6. The average molecular weight is 282 g/mol. The van der Waals surface area contributed by atoms with Crippen LogP contribution in [-0.4, -0.2) is 19.1 Å². The van der Waals surface area contributed by atoms with Gasteiger partial charge in [-0.05, 0) is 25.2 Å². The lowest BCUT2D eigenvalue weighted by molar-refractivity contribution is 0.801. The molecule has 18 heavy (non-hydrogen) atoms.